The van der Waals surface area contributed by atoms with Crippen LogP contribution in [0.3, 0.4) is 0 Å². The normalized spacial score (nSPS) is 13.1. The van der Waals surface area contributed by atoms with E-state index >= 15 is 0 Å². The Balaban J connectivity index is 1.08. The highest BCUT2D eigenvalue weighted by atomic mass is 15.0. The Morgan fingerprint density at radius 3 is 1.62 bits per heavy atom. The lowest BCUT2D eigenvalue weighted by atomic mass is 9.82. The maximum absolute atomic E-state index is 5.26. The third kappa shape index (κ3) is 4.78. The van der Waals surface area contributed by atoms with Gasteiger partial charge in [0.25, 0.3) is 0 Å². The van der Waals surface area contributed by atoms with E-state index in [2.05, 4.69) is 200 Å². The molecule has 0 saturated heterocycles. The van der Waals surface area contributed by atoms with Crippen LogP contribution in [0.2, 0.25) is 0 Å². The standard InChI is InChI=1S/C54H36N4/c1-54(2)46-29-28-35-16-5-8-23-40(35)50(46)45-31-44-41-24-9-10-27-48(41)58(49(44)32-47(45)54)37-20-11-19-36(30-37)51-55-52(42-25-12-17-33-14-3-6-21-38(33)42)57-53(56-51)43-26-13-18-34-15-4-7-22-39(34)43/h3-32H,1-2H3. The van der Waals surface area contributed by atoms with E-state index in [1.165, 1.54) is 49.3 Å². The third-order valence-electron chi connectivity index (χ3n) is 12.4. The van der Waals surface area contributed by atoms with Gasteiger partial charge < -0.3 is 4.57 Å². The number of aromatic nitrogens is 4. The summed E-state index contributed by atoms with van der Waals surface area (Å²) in [6.45, 7) is 4.74. The first-order valence-corrected chi connectivity index (χ1v) is 19.9. The van der Waals surface area contributed by atoms with Crippen molar-refractivity contribution in [3.63, 3.8) is 0 Å². The van der Waals surface area contributed by atoms with Crippen LogP contribution < -0.4 is 0 Å². The van der Waals surface area contributed by atoms with Crippen LogP contribution in [0, 0.1) is 0 Å². The lowest BCUT2D eigenvalue weighted by Gasteiger charge is -2.22. The fraction of sp³-hybridized carbons (Fsp3) is 0.0556. The molecule has 0 aliphatic heterocycles. The largest absolute Gasteiger partial charge is 0.309 e. The molecule has 0 unspecified atom stereocenters. The number of rotatable bonds is 4. The van der Waals surface area contributed by atoms with Crippen molar-refractivity contribution in [3.05, 3.63) is 193 Å². The minimum atomic E-state index is -0.160. The van der Waals surface area contributed by atoms with Gasteiger partial charge in [0.05, 0.1) is 11.0 Å². The van der Waals surface area contributed by atoms with Gasteiger partial charge in [-0.25, -0.2) is 15.0 Å². The van der Waals surface area contributed by atoms with Crippen molar-refractivity contribution >= 4 is 54.1 Å². The molecule has 11 aromatic rings. The summed E-state index contributed by atoms with van der Waals surface area (Å²) in [5, 5.41) is 9.56. The Labute approximate surface area is 335 Å². The van der Waals surface area contributed by atoms with Crippen molar-refractivity contribution in [1.29, 1.82) is 0 Å². The number of hydrogen-bond acceptors (Lipinski definition) is 3. The van der Waals surface area contributed by atoms with Crippen molar-refractivity contribution in [2.75, 3.05) is 0 Å². The van der Waals surface area contributed by atoms with Gasteiger partial charge in [0, 0.05) is 38.6 Å². The Kier molecular flexibility index (Phi) is 6.94. The Hall–Kier alpha value is -7.43. The fourth-order valence-electron chi connectivity index (χ4n) is 9.62. The molecule has 58 heavy (non-hydrogen) atoms. The molecule has 4 heteroatoms. The van der Waals surface area contributed by atoms with E-state index in [1.54, 1.807) is 0 Å². The molecule has 0 spiro atoms. The monoisotopic (exact) mass is 740 g/mol. The van der Waals surface area contributed by atoms with Crippen LogP contribution in [0.5, 0.6) is 0 Å². The SMILES string of the molecule is CC1(C)c2cc3c(cc2-c2c1ccc1ccccc21)c1ccccc1n3-c1cccc(-c2nc(-c3cccc4ccccc34)nc(-c3cccc4ccccc34)n2)c1. The first-order valence-electron chi connectivity index (χ1n) is 19.9. The molecular formula is C54H36N4. The lowest BCUT2D eigenvalue weighted by molar-refractivity contribution is 0.661. The fourth-order valence-corrected chi connectivity index (χ4v) is 9.62. The number of nitrogens with zero attached hydrogens (tertiary/aromatic N) is 4. The molecule has 0 N–H and O–H groups in total. The van der Waals surface area contributed by atoms with Gasteiger partial charge in [-0.15, -0.1) is 0 Å². The summed E-state index contributed by atoms with van der Waals surface area (Å²) >= 11 is 0. The minimum absolute atomic E-state index is 0.160. The zero-order valence-electron chi connectivity index (χ0n) is 32.1. The van der Waals surface area contributed by atoms with Crippen LogP contribution >= 0.6 is 0 Å². The topological polar surface area (TPSA) is 43.6 Å². The van der Waals surface area contributed by atoms with E-state index in [0.29, 0.717) is 17.5 Å². The molecule has 2 aromatic heterocycles. The highest BCUT2D eigenvalue weighted by Gasteiger charge is 2.37. The third-order valence-corrected chi connectivity index (χ3v) is 12.4. The van der Waals surface area contributed by atoms with Crippen molar-refractivity contribution < 1.29 is 0 Å². The Morgan fingerprint density at radius 2 is 0.931 bits per heavy atom. The average Bonchev–Trinajstić information content (AvgIpc) is 3.72. The second-order valence-corrected chi connectivity index (χ2v) is 16.0. The summed E-state index contributed by atoms with van der Waals surface area (Å²) in [7, 11) is 0. The van der Waals surface area contributed by atoms with Gasteiger partial charge in [-0.2, -0.15) is 0 Å². The smallest absolute Gasteiger partial charge is 0.164 e. The van der Waals surface area contributed by atoms with Crippen molar-refractivity contribution in [2.24, 2.45) is 0 Å². The maximum atomic E-state index is 5.26. The predicted molar refractivity (Wildman–Crippen MR) is 241 cm³/mol. The summed E-state index contributed by atoms with van der Waals surface area (Å²) in [6, 6.07) is 65.3. The maximum Gasteiger partial charge on any atom is 0.164 e. The average molecular weight is 741 g/mol. The van der Waals surface area contributed by atoms with E-state index in [0.717, 1.165) is 49.4 Å². The van der Waals surface area contributed by atoms with E-state index < -0.39 is 0 Å². The van der Waals surface area contributed by atoms with Crippen molar-refractivity contribution in [2.45, 2.75) is 19.3 Å². The predicted octanol–water partition coefficient (Wildman–Crippen LogP) is 13.7. The molecule has 272 valence electrons. The first-order chi connectivity index (χ1) is 28.5. The molecular weight excluding hydrogens is 705 g/mol. The molecule has 1 aliphatic rings. The van der Waals surface area contributed by atoms with Crippen LogP contribution in [0.25, 0.3) is 105 Å². The summed E-state index contributed by atoms with van der Waals surface area (Å²) in [5.74, 6) is 1.93. The second kappa shape index (κ2) is 12.3. The molecule has 0 radical (unpaired) electrons. The molecule has 0 fully saturated rings. The molecule has 4 nitrogen and oxygen atoms in total. The summed E-state index contributed by atoms with van der Waals surface area (Å²) in [6.07, 6.45) is 0. The number of fused-ring (bicyclic) bond motifs is 10. The molecule has 12 rings (SSSR count). The van der Waals surface area contributed by atoms with Crippen molar-refractivity contribution in [3.8, 4) is 51.0 Å². The van der Waals surface area contributed by atoms with E-state index in [1.807, 2.05) is 0 Å². The van der Waals surface area contributed by atoms with E-state index in [9.17, 15) is 0 Å². The van der Waals surface area contributed by atoms with Gasteiger partial charge in [0.2, 0.25) is 0 Å². The Bertz CT molecular complexity index is 3390. The van der Waals surface area contributed by atoms with Gasteiger partial charge >= 0.3 is 0 Å². The number of hydrogen-bond donors (Lipinski definition) is 0. The van der Waals surface area contributed by atoms with E-state index in [-0.39, 0.29) is 5.41 Å². The molecule has 0 saturated carbocycles. The molecule has 0 atom stereocenters. The summed E-state index contributed by atoms with van der Waals surface area (Å²) < 4.78 is 2.42. The summed E-state index contributed by atoms with van der Waals surface area (Å²) in [4.78, 5) is 15.7. The van der Waals surface area contributed by atoms with Gasteiger partial charge in [-0.1, -0.05) is 166 Å². The van der Waals surface area contributed by atoms with Gasteiger partial charge in [0.15, 0.2) is 17.5 Å². The zero-order valence-corrected chi connectivity index (χ0v) is 32.1. The number of para-hydroxylation sites is 1. The van der Waals surface area contributed by atoms with Crippen LogP contribution in [0.4, 0.5) is 0 Å². The minimum Gasteiger partial charge on any atom is -0.309 e. The van der Waals surface area contributed by atoms with Crippen LogP contribution in [-0.4, -0.2) is 19.5 Å². The molecule has 0 bridgehead atoms. The zero-order chi connectivity index (χ0) is 38.5. The van der Waals surface area contributed by atoms with Crippen molar-refractivity contribution in [1.82, 2.24) is 19.5 Å². The van der Waals surface area contributed by atoms with Crippen LogP contribution in [0.1, 0.15) is 25.0 Å². The lowest BCUT2D eigenvalue weighted by Crippen LogP contribution is -2.15. The summed E-state index contributed by atoms with van der Waals surface area (Å²) in [5.41, 5.74) is 11.5. The first kappa shape index (κ1) is 32.8. The highest BCUT2D eigenvalue weighted by Crippen LogP contribution is 2.53. The van der Waals surface area contributed by atoms with E-state index in [4.69, 9.17) is 15.0 Å². The number of benzene rings is 9. The van der Waals surface area contributed by atoms with Crippen LogP contribution in [0.15, 0.2) is 182 Å². The second-order valence-electron chi connectivity index (χ2n) is 16.0. The van der Waals surface area contributed by atoms with Gasteiger partial charge in [0.1, 0.15) is 0 Å². The highest BCUT2D eigenvalue weighted by molar-refractivity contribution is 6.13. The molecule has 2 heterocycles. The molecule has 9 aromatic carbocycles. The Morgan fingerprint density at radius 1 is 0.379 bits per heavy atom. The quantitative estimate of drug-likeness (QED) is 0.180. The molecule has 1 aliphatic carbocycles. The van der Waals surface area contributed by atoms with Crippen LogP contribution in [-0.2, 0) is 5.41 Å². The molecule has 0 amide bonds. The van der Waals surface area contributed by atoms with Gasteiger partial charge in [-0.3, -0.25) is 0 Å². The van der Waals surface area contributed by atoms with Gasteiger partial charge in [-0.05, 0) is 84.9 Å².